The molecule has 0 bridgehead atoms. The molecule has 0 saturated carbocycles. The Morgan fingerprint density at radius 3 is 2.50 bits per heavy atom. The number of nitrogens with one attached hydrogen (secondary N) is 2. The van der Waals surface area contributed by atoms with E-state index in [9.17, 15) is 13.2 Å². The van der Waals surface area contributed by atoms with Gasteiger partial charge in [-0.3, -0.25) is 0 Å². The number of benzene rings is 2. The van der Waals surface area contributed by atoms with Crippen LogP contribution in [-0.4, -0.2) is 9.55 Å². The van der Waals surface area contributed by atoms with Gasteiger partial charge < -0.3 is 15.2 Å². The number of rotatable bonds is 3. The Morgan fingerprint density at radius 1 is 1.08 bits per heavy atom. The number of imidazole rings is 1. The molecule has 0 atom stereocenters. The smallest absolute Gasteiger partial charge is 0.355 e. The zero-order valence-electron chi connectivity index (χ0n) is 14.1. The lowest BCUT2D eigenvalue weighted by Crippen LogP contribution is -2.04. The van der Waals surface area contributed by atoms with Crippen molar-refractivity contribution >= 4 is 11.4 Å². The van der Waals surface area contributed by atoms with Crippen molar-refractivity contribution < 1.29 is 13.2 Å². The summed E-state index contributed by atoms with van der Waals surface area (Å²) in [5.41, 5.74) is 4.96. The molecule has 7 heteroatoms. The fourth-order valence-corrected chi connectivity index (χ4v) is 3.22. The predicted octanol–water partition coefficient (Wildman–Crippen LogP) is 4.45. The third kappa shape index (κ3) is 3.06. The maximum Gasteiger partial charge on any atom is 0.416 e. The van der Waals surface area contributed by atoms with E-state index in [1.807, 2.05) is 29.9 Å². The second kappa shape index (κ2) is 6.17. The van der Waals surface area contributed by atoms with E-state index in [2.05, 4.69) is 15.6 Å². The molecule has 0 spiro atoms. The molecule has 0 aliphatic carbocycles. The van der Waals surface area contributed by atoms with E-state index in [0.717, 1.165) is 42.2 Å². The summed E-state index contributed by atoms with van der Waals surface area (Å²) in [7, 11) is 1.90. The Kier molecular flexibility index (Phi) is 3.96. The van der Waals surface area contributed by atoms with Crippen molar-refractivity contribution in [3.8, 4) is 11.3 Å². The monoisotopic (exact) mass is 358 g/mol. The van der Waals surface area contributed by atoms with Crippen LogP contribution in [0.1, 0.15) is 16.7 Å². The lowest BCUT2D eigenvalue weighted by atomic mass is 9.99. The number of hydrogen-bond acceptors (Lipinski definition) is 3. The van der Waals surface area contributed by atoms with Crippen LogP contribution in [0.4, 0.5) is 24.5 Å². The number of aromatic nitrogens is 2. The number of hydrogen-bond donors (Lipinski definition) is 2. The van der Waals surface area contributed by atoms with Crippen molar-refractivity contribution in [2.75, 3.05) is 5.32 Å². The molecule has 0 saturated heterocycles. The van der Waals surface area contributed by atoms with Crippen molar-refractivity contribution in [3.63, 3.8) is 0 Å². The highest BCUT2D eigenvalue weighted by Crippen LogP contribution is 2.37. The van der Waals surface area contributed by atoms with Crippen LogP contribution in [0.15, 0.2) is 48.9 Å². The van der Waals surface area contributed by atoms with E-state index < -0.39 is 11.7 Å². The molecule has 0 amide bonds. The summed E-state index contributed by atoms with van der Waals surface area (Å²) in [6, 6.07) is 9.03. The third-order valence-corrected chi connectivity index (χ3v) is 4.48. The molecule has 4 nitrogen and oxygen atoms in total. The van der Waals surface area contributed by atoms with Crippen LogP contribution in [0.25, 0.3) is 11.3 Å². The van der Waals surface area contributed by atoms with Crippen LogP contribution in [-0.2, 0) is 26.3 Å². The number of alkyl halides is 3. The maximum atomic E-state index is 12.7. The standard InChI is InChI=1S/C19H17F3N4/c1-26-10-17(24-11-26)18-15-9-23-8-12(15)2-7-16(18)25-14-5-3-13(4-6-14)19(20,21)22/h2-7,10-11,23,25H,8-9H2,1H3. The lowest BCUT2D eigenvalue weighted by molar-refractivity contribution is -0.137. The van der Waals surface area contributed by atoms with Crippen LogP contribution >= 0.6 is 0 Å². The molecule has 1 aliphatic rings. The van der Waals surface area contributed by atoms with Gasteiger partial charge in [-0.05, 0) is 41.5 Å². The van der Waals surface area contributed by atoms with Crippen LogP contribution in [0, 0.1) is 0 Å². The molecule has 0 fully saturated rings. The first-order valence-electron chi connectivity index (χ1n) is 8.20. The molecule has 0 unspecified atom stereocenters. The van der Waals surface area contributed by atoms with Gasteiger partial charge in [-0.1, -0.05) is 6.07 Å². The van der Waals surface area contributed by atoms with Gasteiger partial charge >= 0.3 is 6.18 Å². The molecule has 2 N–H and O–H groups in total. The average molecular weight is 358 g/mol. The molecular weight excluding hydrogens is 341 g/mol. The highest BCUT2D eigenvalue weighted by Gasteiger charge is 2.30. The minimum Gasteiger partial charge on any atom is -0.355 e. The van der Waals surface area contributed by atoms with Gasteiger partial charge in [-0.2, -0.15) is 13.2 Å². The number of anilines is 2. The van der Waals surface area contributed by atoms with Crippen LogP contribution < -0.4 is 10.6 Å². The Labute approximate surface area is 148 Å². The van der Waals surface area contributed by atoms with Crippen molar-refractivity contribution in [1.82, 2.24) is 14.9 Å². The zero-order chi connectivity index (χ0) is 18.3. The van der Waals surface area contributed by atoms with Crippen molar-refractivity contribution in [2.45, 2.75) is 19.3 Å². The fraction of sp³-hybridized carbons (Fsp3) is 0.211. The van der Waals surface area contributed by atoms with Crippen molar-refractivity contribution in [1.29, 1.82) is 0 Å². The first-order valence-corrected chi connectivity index (χ1v) is 8.20. The van der Waals surface area contributed by atoms with Gasteiger partial charge in [0, 0.05) is 43.3 Å². The van der Waals surface area contributed by atoms with Gasteiger partial charge in [0.05, 0.1) is 17.6 Å². The molecule has 1 aromatic heterocycles. The largest absolute Gasteiger partial charge is 0.416 e. The van der Waals surface area contributed by atoms with Crippen LogP contribution in [0.3, 0.4) is 0 Å². The molecule has 2 heterocycles. The molecule has 134 valence electrons. The van der Waals surface area contributed by atoms with E-state index in [0.29, 0.717) is 5.69 Å². The number of fused-ring (bicyclic) bond motifs is 1. The molecule has 3 aromatic rings. The second-order valence-electron chi connectivity index (χ2n) is 6.35. The minimum absolute atomic E-state index is 0.598. The summed E-state index contributed by atoms with van der Waals surface area (Å²) in [5.74, 6) is 0. The number of halogens is 3. The number of aryl methyl sites for hydroxylation is 1. The Hall–Kier alpha value is -2.80. The van der Waals surface area contributed by atoms with Gasteiger partial charge in [-0.25, -0.2) is 4.98 Å². The quantitative estimate of drug-likeness (QED) is 0.727. The van der Waals surface area contributed by atoms with Crippen LogP contribution in [0.2, 0.25) is 0 Å². The molecule has 0 radical (unpaired) electrons. The SMILES string of the molecule is Cn1cnc(-c2c(Nc3ccc(C(F)(F)F)cc3)ccc3c2CNC3)c1. The molecule has 1 aliphatic heterocycles. The van der Waals surface area contributed by atoms with E-state index >= 15 is 0 Å². The predicted molar refractivity (Wildman–Crippen MR) is 93.9 cm³/mol. The van der Waals surface area contributed by atoms with E-state index in [1.54, 1.807) is 6.33 Å². The minimum atomic E-state index is -4.34. The summed E-state index contributed by atoms with van der Waals surface area (Å²) in [5, 5.41) is 6.58. The zero-order valence-corrected chi connectivity index (χ0v) is 14.1. The summed E-state index contributed by atoms with van der Waals surface area (Å²) in [6.07, 6.45) is -0.665. The maximum absolute atomic E-state index is 12.7. The topological polar surface area (TPSA) is 41.9 Å². The Bertz CT molecular complexity index is 942. The molecular formula is C19H17F3N4. The van der Waals surface area contributed by atoms with E-state index in [4.69, 9.17) is 0 Å². The van der Waals surface area contributed by atoms with Gasteiger partial charge in [-0.15, -0.1) is 0 Å². The summed E-state index contributed by atoms with van der Waals surface area (Å²) in [4.78, 5) is 4.46. The highest BCUT2D eigenvalue weighted by atomic mass is 19.4. The normalized spacial score (nSPS) is 13.7. The summed E-state index contributed by atoms with van der Waals surface area (Å²) in [6.45, 7) is 1.54. The lowest BCUT2D eigenvalue weighted by Gasteiger charge is -2.15. The second-order valence-corrected chi connectivity index (χ2v) is 6.35. The summed E-state index contributed by atoms with van der Waals surface area (Å²) < 4.78 is 40.1. The molecule has 4 rings (SSSR count). The molecule has 26 heavy (non-hydrogen) atoms. The van der Waals surface area contributed by atoms with Crippen molar-refractivity contribution in [3.05, 3.63) is 65.6 Å². The Balaban J connectivity index is 1.73. The van der Waals surface area contributed by atoms with Gasteiger partial charge in [0.25, 0.3) is 0 Å². The van der Waals surface area contributed by atoms with Gasteiger partial charge in [0.2, 0.25) is 0 Å². The van der Waals surface area contributed by atoms with Gasteiger partial charge in [0.15, 0.2) is 0 Å². The number of nitrogens with zero attached hydrogens (tertiary/aromatic N) is 2. The van der Waals surface area contributed by atoms with Crippen molar-refractivity contribution in [2.24, 2.45) is 7.05 Å². The van der Waals surface area contributed by atoms with E-state index in [1.165, 1.54) is 23.3 Å². The highest BCUT2D eigenvalue weighted by molar-refractivity contribution is 5.83. The first-order chi connectivity index (χ1) is 12.4. The molecule has 2 aromatic carbocycles. The van der Waals surface area contributed by atoms with E-state index in [-0.39, 0.29) is 0 Å². The first kappa shape index (κ1) is 16.7. The van der Waals surface area contributed by atoms with Crippen LogP contribution in [0.5, 0.6) is 0 Å². The average Bonchev–Trinajstić information content (AvgIpc) is 3.23. The third-order valence-electron chi connectivity index (χ3n) is 4.48. The fourth-order valence-electron chi connectivity index (χ4n) is 3.22. The van der Waals surface area contributed by atoms with Gasteiger partial charge in [0.1, 0.15) is 0 Å². The Morgan fingerprint density at radius 2 is 1.85 bits per heavy atom. The summed E-state index contributed by atoms with van der Waals surface area (Å²) >= 11 is 0.